The topological polar surface area (TPSA) is 45.3 Å². The highest BCUT2D eigenvalue weighted by molar-refractivity contribution is 5.92. The number of fused-ring (bicyclic) bond motifs is 5. The summed E-state index contributed by atoms with van der Waals surface area (Å²) in [6, 6.07) is 8.76. The number of aromatic nitrogens is 1. The van der Waals surface area contributed by atoms with Crippen LogP contribution in [0, 0.1) is 5.92 Å². The summed E-state index contributed by atoms with van der Waals surface area (Å²) in [5.74, 6) is 0.421. The third kappa shape index (κ3) is 3.05. The Kier molecular flexibility index (Phi) is 4.34. The maximum Gasteiger partial charge on any atom is 0.315 e. The number of para-hydroxylation sites is 1. The molecular formula is C22H30N2O2. The molecule has 0 bridgehead atoms. The zero-order valence-electron chi connectivity index (χ0n) is 16.3. The van der Waals surface area contributed by atoms with E-state index >= 15 is 0 Å². The highest BCUT2D eigenvalue weighted by Crippen LogP contribution is 2.45. The summed E-state index contributed by atoms with van der Waals surface area (Å²) in [5.41, 5.74) is 3.08. The minimum atomic E-state index is -0.464. The zero-order valence-corrected chi connectivity index (χ0v) is 16.3. The number of esters is 1. The molecule has 1 fully saturated rings. The Balaban J connectivity index is 1.78. The van der Waals surface area contributed by atoms with Crippen molar-refractivity contribution in [3.8, 4) is 0 Å². The van der Waals surface area contributed by atoms with Crippen molar-refractivity contribution >= 4 is 16.9 Å². The van der Waals surface area contributed by atoms with Gasteiger partial charge in [0.15, 0.2) is 0 Å². The molecule has 1 aromatic carbocycles. The molecule has 1 N–H and O–H groups in total. The van der Waals surface area contributed by atoms with Crippen LogP contribution in [0.25, 0.3) is 10.9 Å². The Morgan fingerprint density at radius 2 is 2.00 bits per heavy atom. The minimum absolute atomic E-state index is 0.0967. The smallest absolute Gasteiger partial charge is 0.315 e. The molecule has 1 unspecified atom stereocenters. The fourth-order valence-corrected chi connectivity index (χ4v) is 4.70. The van der Waals surface area contributed by atoms with Crippen molar-refractivity contribution in [2.45, 2.75) is 64.5 Å². The third-order valence-electron chi connectivity index (χ3n) is 5.93. The van der Waals surface area contributed by atoms with Gasteiger partial charge in [0.2, 0.25) is 0 Å². The second kappa shape index (κ2) is 6.41. The fraction of sp³-hybridized carbons (Fsp3) is 0.591. The summed E-state index contributed by atoms with van der Waals surface area (Å²) in [7, 11) is 0. The Bertz CT molecular complexity index is 817. The molecule has 26 heavy (non-hydrogen) atoms. The summed E-state index contributed by atoms with van der Waals surface area (Å²) in [6.45, 7) is 9.96. The molecule has 0 amide bonds. The lowest BCUT2D eigenvalue weighted by atomic mass is 9.81. The highest BCUT2D eigenvalue weighted by Gasteiger charge is 2.42. The largest absolute Gasteiger partial charge is 0.459 e. The van der Waals surface area contributed by atoms with Gasteiger partial charge in [-0.3, -0.25) is 9.69 Å². The monoisotopic (exact) mass is 354 g/mol. The molecule has 2 aromatic rings. The predicted octanol–water partition coefficient (Wildman–Crippen LogP) is 4.77. The van der Waals surface area contributed by atoms with E-state index in [-0.39, 0.29) is 11.9 Å². The van der Waals surface area contributed by atoms with Gasteiger partial charge in [-0.2, -0.15) is 0 Å². The van der Waals surface area contributed by atoms with E-state index in [9.17, 15) is 4.79 Å². The van der Waals surface area contributed by atoms with Crippen molar-refractivity contribution in [3.63, 3.8) is 0 Å². The Morgan fingerprint density at radius 1 is 1.23 bits per heavy atom. The standard InChI is InChI=1S/C22H30N2O2/c1-5-14-10-11-18-20-19(15-8-6-7-9-17(15)23-20)16(13-24(18)12-14)21(25)26-22(2,3)4/h6-9,14,16,18,23H,5,10-13H2,1-4H3/t14-,16?,18+/m1/s1. The summed E-state index contributed by atoms with van der Waals surface area (Å²) in [6.07, 6.45) is 3.64. The van der Waals surface area contributed by atoms with Crippen LogP contribution in [-0.2, 0) is 9.53 Å². The van der Waals surface area contributed by atoms with E-state index in [4.69, 9.17) is 4.74 Å². The van der Waals surface area contributed by atoms with Gasteiger partial charge in [-0.1, -0.05) is 31.5 Å². The van der Waals surface area contributed by atoms with Gasteiger partial charge in [0.25, 0.3) is 0 Å². The van der Waals surface area contributed by atoms with E-state index in [1.165, 1.54) is 35.9 Å². The summed E-state index contributed by atoms with van der Waals surface area (Å²) < 4.78 is 5.81. The van der Waals surface area contributed by atoms with E-state index in [0.717, 1.165) is 24.5 Å². The molecule has 0 radical (unpaired) electrons. The van der Waals surface area contributed by atoms with Gasteiger partial charge < -0.3 is 9.72 Å². The van der Waals surface area contributed by atoms with Crippen LogP contribution in [0.15, 0.2) is 24.3 Å². The lowest BCUT2D eigenvalue weighted by molar-refractivity contribution is -0.158. The van der Waals surface area contributed by atoms with Crippen LogP contribution in [0.5, 0.6) is 0 Å². The summed E-state index contributed by atoms with van der Waals surface area (Å²) in [5, 5.41) is 1.18. The van der Waals surface area contributed by atoms with Crippen molar-refractivity contribution in [2.75, 3.05) is 13.1 Å². The van der Waals surface area contributed by atoms with Gasteiger partial charge in [-0.25, -0.2) is 0 Å². The normalized spacial score (nSPS) is 26.4. The lowest BCUT2D eigenvalue weighted by Crippen LogP contribution is -2.46. The Hall–Kier alpha value is -1.81. The van der Waals surface area contributed by atoms with Crippen LogP contribution in [0.4, 0.5) is 0 Å². The van der Waals surface area contributed by atoms with Crippen LogP contribution < -0.4 is 0 Å². The molecule has 4 rings (SSSR count). The van der Waals surface area contributed by atoms with Gasteiger partial charge in [-0.05, 0) is 51.2 Å². The number of piperidine rings is 1. The van der Waals surface area contributed by atoms with Crippen molar-refractivity contribution in [2.24, 2.45) is 5.92 Å². The fourth-order valence-electron chi connectivity index (χ4n) is 4.70. The maximum atomic E-state index is 13.1. The SMILES string of the molecule is CC[C@@H]1CC[C@H]2c3[nH]c4ccccc4c3C(C(=O)OC(C)(C)C)CN2C1. The molecule has 2 aliphatic rings. The summed E-state index contributed by atoms with van der Waals surface area (Å²) in [4.78, 5) is 19.2. The van der Waals surface area contributed by atoms with Gasteiger partial charge >= 0.3 is 5.97 Å². The number of rotatable bonds is 2. The van der Waals surface area contributed by atoms with Crippen LogP contribution in [0.1, 0.15) is 70.2 Å². The molecule has 140 valence electrons. The zero-order chi connectivity index (χ0) is 18.5. The summed E-state index contributed by atoms with van der Waals surface area (Å²) >= 11 is 0. The predicted molar refractivity (Wildman–Crippen MR) is 104 cm³/mol. The third-order valence-corrected chi connectivity index (χ3v) is 5.93. The first-order valence-electron chi connectivity index (χ1n) is 9.94. The molecule has 4 nitrogen and oxygen atoms in total. The quantitative estimate of drug-likeness (QED) is 0.790. The van der Waals surface area contributed by atoms with E-state index in [1.807, 2.05) is 20.8 Å². The van der Waals surface area contributed by atoms with Crippen molar-refractivity contribution in [3.05, 3.63) is 35.5 Å². The number of hydrogen-bond acceptors (Lipinski definition) is 3. The van der Waals surface area contributed by atoms with Crippen LogP contribution >= 0.6 is 0 Å². The second-order valence-electron chi connectivity index (χ2n) is 8.91. The molecule has 0 spiro atoms. The van der Waals surface area contributed by atoms with Gasteiger partial charge in [0, 0.05) is 29.7 Å². The number of H-pyrrole nitrogens is 1. The molecule has 2 aliphatic heterocycles. The highest BCUT2D eigenvalue weighted by atomic mass is 16.6. The molecule has 3 heterocycles. The lowest BCUT2D eigenvalue weighted by Gasteiger charge is -2.44. The number of aromatic amines is 1. The molecular weight excluding hydrogens is 324 g/mol. The van der Waals surface area contributed by atoms with E-state index in [2.05, 4.69) is 41.1 Å². The first-order chi connectivity index (χ1) is 12.4. The Morgan fingerprint density at radius 3 is 2.73 bits per heavy atom. The first-order valence-corrected chi connectivity index (χ1v) is 9.94. The molecule has 1 saturated heterocycles. The number of hydrogen-bond donors (Lipinski definition) is 1. The van der Waals surface area contributed by atoms with E-state index < -0.39 is 5.60 Å². The van der Waals surface area contributed by atoms with E-state index in [0.29, 0.717) is 6.04 Å². The van der Waals surface area contributed by atoms with Gasteiger partial charge in [-0.15, -0.1) is 0 Å². The molecule has 4 heteroatoms. The average Bonchev–Trinajstić information content (AvgIpc) is 2.98. The number of benzene rings is 1. The van der Waals surface area contributed by atoms with Crippen LogP contribution in [0.2, 0.25) is 0 Å². The maximum absolute atomic E-state index is 13.1. The molecule has 3 atom stereocenters. The number of nitrogens with one attached hydrogen (secondary N) is 1. The van der Waals surface area contributed by atoms with Crippen LogP contribution in [0.3, 0.4) is 0 Å². The molecule has 0 aliphatic carbocycles. The first kappa shape index (κ1) is 17.6. The van der Waals surface area contributed by atoms with Crippen LogP contribution in [-0.4, -0.2) is 34.5 Å². The average molecular weight is 354 g/mol. The van der Waals surface area contributed by atoms with E-state index in [1.54, 1.807) is 0 Å². The number of ether oxygens (including phenoxy) is 1. The molecule has 1 aromatic heterocycles. The van der Waals surface area contributed by atoms with Crippen molar-refractivity contribution in [1.29, 1.82) is 0 Å². The van der Waals surface area contributed by atoms with Crippen molar-refractivity contribution in [1.82, 2.24) is 9.88 Å². The molecule has 0 saturated carbocycles. The van der Waals surface area contributed by atoms with Crippen molar-refractivity contribution < 1.29 is 9.53 Å². The Labute approximate surface area is 155 Å². The number of nitrogens with zero attached hydrogens (tertiary/aromatic N) is 1. The van der Waals surface area contributed by atoms with Gasteiger partial charge in [0.05, 0.1) is 12.0 Å². The van der Waals surface area contributed by atoms with Gasteiger partial charge in [0.1, 0.15) is 5.60 Å². The number of carbonyl (C=O) groups excluding carboxylic acids is 1. The minimum Gasteiger partial charge on any atom is -0.459 e. The second-order valence-corrected chi connectivity index (χ2v) is 8.91. The number of carbonyl (C=O) groups is 1.